The summed E-state index contributed by atoms with van der Waals surface area (Å²) in [4.78, 5) is 12.3. The first-order chi connectivity index (χ1) is 11.2. The normalized spacial score (nSPS) is 19.8. The summed E-state index contributed by atoms with van der Waals surface area (Å²) >= 11 is 6.26. The van der Waals surface area contributed by atoms with Crippen molar-refractivity contribution in [2.24, 2.45) is 5.92 Å². The standard InChI is InChI=1S/C17H18ClN3O2/c18-14-15(11-5-6-11)20-21-16(14)17(22)19-8-10-7-12-3-1-2-4-13(12)23-9-10/h1-4,10-11H,5-9H2,(H,19,22)(H,20,21)/t10-/m0/s1. The molecule has 0 radical (unpaired) electrons. The lowest BCUT2D eigenvalue weighted by molar-refractivity contribution is 0.0934. The molecule has 0 saturated heterocycles. The van der Waals surface area contributed by atoms with E-state index in [4.69, 9.17) is 16.3 Å². The molecule has 1 saturated carbocycles. The molecule has 2 heterocycles. The first-order valence-electron chi connectivity index (χ1n) is 7.95. The predicted octanol–water partition coefficient (Wildman–Crippen LogP) is 2.92. The van der Waals surface area contributed by atoms with Gasteiger partial charge in [-0.05, 0) is 30.9 Å². The van der Waals surface area contributed by atoms with E-state index in [1.54, 1.807) is 0 Å². The van der Waals surface area contributed by atoms with Gasteiger partial charge in [0.1, 0.15) is 5.75 Å². The Morgan fingerprint density at radius 1 is 1.39 bits per heavy atom. The molecule has 1 aliphatic carbocycles. The van der Waals surface area contributed by atoms with E-state index in [0.29, 0.717) is 29.8 Å². The van der Waals surface area contributed by atoms with Gasteiger partial charge in [0, 0.05) is 18.4 Å². The van der Waals surface area contributed by atoms with Crippen molar-refractivity contribution in [3.8, 4) is 5.75 Å². The van der Waals surface area contributed by atoms with E-state index in [1.165, 1.54) is 5.56 Å². The van der Waals surface area contributed by atoms with Gasteiger partial charge in [-0.2, -0.15) is 5.10 Å². The zero-order valence-electron chi connectivity index (χ0n) is 12.6. The average molecular weight is 332 g/mol. The van der Waals surface area contributed by atoms with Gasteiger partial charge in [0.05, 0.1) is 17.3 Å². The quantitative estimate of drug-likeness (QED) is 0.905. The van der Waals surface area contributed by atoms with Crippen LogP contribution >= 0.6 is 11.6 Å². The van der Waals surface area contributed by atoms with Gasteiger partial charge >= 0.3 is 0 Å². The fourth-order valence-corrected chi connectivity index (χ4v) is 3.30. The topological polar surface area (TPSA) is 67.0 Å². The van der Waals surface area contributed by atoms with Crippen LogP contribution in [0.4, 0.5) is 0 Å². The molecule has 2 N–H and O–H groups in total. The number of carbonyl (C=O) groups is 1. The highest BCUT2D eigenvalue weighted by Crippen LogP contribution is 2.42. The minimum absolute atomic E-state index is 0.225. The summed E-state index contributed by atoms with van der Waals surface area (Å²) in [6.07, 6.45) is 3.13. The monoisotopic (exact) mass is 331 g/mol. The number of ether oxygens (including phenoxy) is 1. The molecule has 1 amide bonds. The molecule has 1 aromatic heterocycles. The maximum Gasteiger partial charge on any atom is 0.273 e. The van der Waals surface area contributed by atoms with Crippen molar-refractivity contribution >= 4 is 17.5 Å². The zero-order chi connectivity index (χ0) is 15.8. The molecule has 4 rings (SSSR count). The summed E-state index contributed by atoms with van der Waals surface area (Å²) < 4.78 is 5.74. The average Bonchev–Trinajstić information content (AvgIpc) is 3.35. The van der Waals surface area contributed by atoms with Crippen molar-refractivity contribution in [3.63, 3.8) is 0 Å². The smallest absolute Gasteiger partial charge is 0.273 e. The minimum Gasteiger partial charge on any atom is -0.493 e. The van der Waals surface area contributed by atoms with Crippen LogP contribution < -0.4 is 10.1 Å². The third-order valence-corrected chi connectivity index (χ3v) is 4.82. The number of rotatable bonds is 4. The lowest BCUT2D eigenvalue weighted by Crippen LogP contribution is -2.35. The second kappa shape index (κ2) is 5.89. The number of nitrogens with one attached hydrogen (secondary N) is 2. The van der Waals surface area contributed by atoms with E-state index in [9.17, 15) is 4.79 Å². The lowest BCUT2D eigenvalue weighted by Gasteiger charge is -2.25. The highest BCUT2D eigenvalue weighted by atomic mass is 35.5. The molecule has 0 bridgehead atoms. The van der Waals surface area contributed by atoms with Gasteiger partial charge in [0.25, 0.3) is 5.91 Å². The maximum atomic E-state index is 12.3. The fraction of sp³-hybridized carbons (Fsp3) is 0.412. The first-order valence-corrected chi connectivity index (χ1v) is 8.33. The van der Waals surface area contributed by atoms with E-state index in [0.717, 1.165) is 30.7 Å². The second-order valence-corrected chi connectivity index (χ2v) is 6.65. The third-order valence-electron chi connectivity index (χ3n) is 4.44. The van der Waals surface area contributed by atoms with Crippen LogP contribution in [0.15, 0.2) is 24.3 Å². The summed E-state index contributed by atoms with van der Waals surface area (Å²) in [6.45, 7) is 1.16. The van der Waals surface area contributed by atoms with Crippen molar-refractivity contribution in [1.82, 2.24) is 15.5 Å². The van der Waals surface area contributed by atoms with Gasteiger partial charge in [-0.25, -0.2) is 0 Å². The number of fused-ring (bicyclic) bond motifs is 1. The highest BCUT2D eigenvalue weighted by molar-refractivity contribution is 6.34. The number of H-pyrrole nitrogens is 1. The highest BCUT2D eigenvalue weighted by Gasteiger charge is 2.31. The number of hydrogen-bond acceptors (Lipinski definition) is 3. The Kier molecular flexibility index (Phi) is 3.73. The first kappa shape index (κ1) is 14.6. The SMILES string of the molecule is O=C(NC[C@H]1COc2ccccc2C1)c1n[nH]c(C2CC2)c1Cl. The third kappa shape index (κ3) is 2.93. The van der Waals surface area contributed by atoms with Crippen LogP contribution in [0.3, 0.4) is 0 Å². The molecular formula is C17H18ClN3O2. The Labute approximate surface area is 139 Å². The largest absolute Gasteiger partial charge is 0.493 e. The van der Waals surface area contributed by atoms with Crippen LogP contribution in [0.25, 0.3) is 0 Å². The number of halogens is 1. The number of para-hydroxylation sites is 1. The van der Waals surface area contributed by atoms with Crippen molar-refractivity contribution in [3.05, 3.63) is 46.2 Å². The van der Waals surface area contributed by atoms with Gasteiger partial charge in [-0.15, -0.1) is 0 Å². The number of benzene rings is 1. The molecule has 0 unspecified atom stereocenters. The van der Waals surface area contributed by atoms with Crippen molar-refractivity contribution in [2.75, 3.05) is 13.2 Å². The summed E-state index contributed by atoms with van der Waals surface area (Å²) in [5.41, 5.74) is 2.38. The molecule has 5 nitrogen and oxygen atoms in total. The molecule has 2 aliphatic rings. The van der Waals surface area contributed by atoms with Crippen molar-refractivity contribution in [2.45, 2.75) is 25.2 Å². The van der Waals surface area contributed by atoms with Crippen molar-refractivity contribution < 1.29 is 9.53 Å². The number of amides is 1. The summed E-state index contributed by atoms with van der Waals surface area (Å²) in [5, 5.41) is 10.4. The molecule has 1 aromatic carbocycles. The summed E-state index contributed by atoms with van der Waals surface area (Å²) in [5.74, 6) is 1.42. The summed E-state index contributed by atoms with van der Waals surface area (Å²) in [7, 11) is 0. The van der Waals surface area contributed by atoms with Gasteiger partial charge in [0.15, 0.2) is 5.69 Å². The van der Waals surface area contributed by atoms with Crippen LogP contribution in [-0.2, 0) is 6.42 Å². The Morgan fingerprint density at radius 3 is 3.04 bits per heavy atom. The van der Waals surface area contributed by atoms with E-state index in [-0.39, 0.29) is 11.8 Å². The Hall–Kier alpha value is -2.01. The number of aromatic nitrogens is 2. The van der Waals surface area contributed by atoms with Gasteiger partial charge in [-0.1, -0.05) is 29.8 Å². The lowest BCUT2D eigenvalue weighted by atomic mass is 9.97. The Balaban J connectivity index is 1.37. The molecule has 2 aromatic rings. The maximum absolute atomic E-state index is 12.3. The molecule has 0 spiro atoms. The predicted molar refractivity (Wildman–Crippen MR) is 87.0 cm³/mol. The molecule has 6 heteroatoms. The fourth-order valence-electron chi connectivity index (χ4n) is 2.98. The van der Waals surface area contributed by atoms with E-state index in [1.807, 2.05) is 18.2 Å². The Bertz CT molecular complexity index is 739. The van der Waals surface area contributed by atoms with Crippen LogP contribution in [0.5, 0.6) is 5.75 Å². The van der Waals surface area contributed by atoms with Crippen LogP contribution in [-0.4, -0.2) is 29.3 Å². The van der Waals surface area contributed by atoms with E-state index < -0.39 is 0 Å². The number of aromatic amines is 1. The molecule has 1 fully saturated rings. The van der Waals surface area contributed by atoms with Gasteiger partial charge in [-0.3, -0.25) is 9.89 Å². The van der Waals surface area contributed by atoms with Crippen LogP contribution in [0.2, 0.25) is 5.02 Å². The molecule has 120 valence electrons. The molecule has 1 atom stereocenters. The molecular weight excluding hydrogens is 314 g/mol. The molecule has 1 aliphatic heterocycles. The van der Waals surface area contributed by atoms with Crippen LogP contribution in [0.1, 0.15) is 40.5 Å². The Morgan fingerprint density at radius 2 is 2.22 bits per heavy atom. The van der Waals surface area contributed by atoms with Gasteiger partial charge < -0.3 is 10.1 Å². The van der Waals surface area contributed by atoms with E-state index in [2.05, 4.69) is 21.6 Å². The zero-order valence-corrected chi connectivity index (χ0v) is 13.4. The van der Waals surface area contributed by atoms with Crippen LogP contribution in [0, 0.1) is 5.92 Å². The minimum atomic E-state index is -0.225. The number of nitrogens with zero attached hydrogens (tertiary/aromatic N) is 1. The van der Waals surface area contributed by atoms with Crippen molar-refractivity contribution in [1.29, 1.82) is 0 Å². The van der Waals surface area contributed by atoms with E-state index >= 15 is 0 Å². The second-order valence-electron chi connectivity index (χ2n) is 6.27. The summed E-state index contributed by atoms with van der Waals surface area (Å²) in [6, 6.07) is 8.02. The van der Waals surface area contributed by atoms with Gasteiger partial charge in [0.2, 0.25) is 0 Å². The number of carbonyl (C=O) groups excluding carboxylic acids is 1. The molecule has 23 heavy (non-hydrogen) atoms. The number of hydrogen-bond donors (Lipinski definition) is 2.